The summed E-state index contributed by atoms with van der Waals surface area (Å²) in [5.74, 6) is 5.12. The van der Waals surface area contributed by atoms with Crippen molar-refractivity contribution in [3.8, 4) is 23.0 Å². The monoisotopic (exact) mass is 394 g/mol. The molecule has 29 heavy (non-hydrogen) atoms. The van der Waals surface area contributed by atoms with Crippen LogP contribution in [0.15, 0.2) is 48.5 Å². The normalized spacial score (nSPS) is 11.8. The van der Waals surface area contributed by atoms with Crippen LogP contribution in [0.1, 0.15) is 5.82 Å². The Morgan fingerprint density at radius 2 is 1.69 bits per heavy atom. The van der Waals surface area contributed by atoms with E-state index < -0.39 is 0 Å². The van der Waals surface area contributed by atoms with Gasteiger partial charge in [0.2, 0.25) is 6.79 Å². The van der Waals surface area contributed by atoms with Gasteiger partial charge in [-0.2, -0.15) is 0 Å². The van der Waals surface area contributed by atoms with Crippen LogP contribution in [-0.4, -0.2) is 37.0 Å². The maximum Gasteiger partial charge on any atom is 0.231 e. The number of hydrogen-bond donors (Lipinski definition) is 2. The molecule has 1 aromatic heterocycles. The van der Waals surface area contributed by atoms with Crippen LogP contribution in [0.25, 0.3) is 0 Å². The molecule has 8 heteroatoms. The highest BCUT2D eigenvalue weighted by atomic mass is 16.7. The fraction of sp³-hybridized carbons (Fsp3) is 0.238. The van der Waals surface area contributed by atoms with Crippen LogP contribution in [0.4, 0.5) is 17.3 Å². The van der Waals surface area contributed by atoms with Gasteiger partial charge in [0.1, 0.15) is 35.6 Å². The highest BCUT2D eigenvalue weighted by Gasteiger charge is 2.13. The minimum absolute atomic E-state index is 0.248. The largest absolute Gasteiger partial charge is 0.497 e. The molecule has 0 radical (unpaired) electrons. The number of aryl methyl sites for hydroxylation is 1. The number of ether oxygens (including phenoxy) is 4. The lowest BCUT2D eigenvalue weighted by atomic mass is 10.3. The fourth-order valence-corrected chi connectivity index (χ4v) is 2.86. The molecule has 0 aliphatic carbocycles. The van der Waals surface area contributed by atoms with Crippen molar-refractivity contribution in [2.45, 2.75) is 6.92 Å². The van der Waals surface area contributed by atoms with Crippen molar-refractivity contribution in [1.82, 2.24) is 9.97 Å². The van der Waals surface area contributed by atoms with Gasteiger partial charge >= 0.3 is 0 Å². The second-order valence-corrected chi connectivity index (χ2v) is 6.33. The summed E-state index contributed by atoms with van der Waals surface area (Å²) in [7, 11) is 1.64. The van der Waals surface area contributed by atoms with Crippen LogP contribution in [0.3, 0.4) is 0 Å². The van der Waals surface area contributed by atoms with Gasteiger partial charge in [-0.05, 0) is 43.3 Å². The maximum absolute atomic E-state index is 5.72. The lowest BCUT2D eigenvalue weighted by molar-refractivity contribution is 0.174. The van der Waals surface area contributed by atoms with Gasteiger partial charge in [-0.25, -0.2) is 9.97 Å². The van der Waals surface area contributed by atoms with E-state index in [1.165, 1.54) is 0 Å². The van der Waals surface area contributed by atoms with Gasteiger partial charge in [-0.15, -0.1) is 0 Å². The molecular formula is C21H22N4O4. The van der Waals surface area contributed by atoms with E-state index in [1.807, 2.05) is 55.5 Å². The molecule has 0 atom stereocenters. The first kappa shape index (κ1) is 18.7. The number of fused-ring (bicyclic) bond motifs is 1. The number of aromatic nitrogens is 2. The number of methoxy groups -OCH3 is 1. The summed E-state index contributed by atoms with van der Waals surface area (Å²) < 4.78 is 21.6. The lowest BCUT2D eigenvalue weighted by Gasteiger charge is -2.11. The molecule has 8 nitrogen and oxygen atoms in total. The molecule has 2 N–H and O–H groups in total. The topological polar surface area (TPSA) is 86.8 Å². The SMILES string of the molecule is COc1ccc(OCCNc2cc(Nc3ccc4c(c3)OCO4)nc(C)n2)cc1. The van der Waals surface area contributed by atoms with Gasteiger partial charge in [0, 0.05) is 17.8 Å². The lowest BCUT2D eigenvalue weighted by Crippen LogP contribution is -2.13. The molecule has 0 unspecified atom stereocenters. The minimum Gasteiger partial charge on any atom is -0.497 e. The number of hydrogen-bond acceptors (Lipinski definition) is 8. The van der Waals surface area contributed by atoms with Crippen LogP contribution >= 0.6 is 0 Å². The summed E-state index contributed by atoms with van der Waals surface area (Å²) in [4.78, 5) is 8.86. The van der Waals surface area contributed by atoms with Crippen molar-refractivity contribution in [3.63, 3.8) is 0 Å². The molecule has 1 aliphatic rings. The van der Waals surface area contributed by atoms with E-state index >= 15 is 0 Å². The van der Waals surface area contributed by atoms with E-state index in [0.717, 1.165) is 34.5 Å². The summed E-state index contributed by atoms with van der Waals surface area (Å²) in [6, 6.07) is 15.0. The van der Waals surface area contributed by atoms with E-state index in [0.29, 0.717) is 24.8 Å². The number of benzene rings is 2. The van der Waals surface area contributed by atoms with Crippen LogP contribution in [-0.2, 0) is 0 Å². The Bertz CT molecular complexity index is 979. The Morgan fingerprint density at radius 3 is 2.52 bits per heavy atom. The van der Waals surface area contributed by atoms with Crippen LogP contribution in [0, 0.1) is 6.92 Å². The zero-order chi connectivity index (χ0) is 20.1. The summed E-state index contributed by atoms with van der Waals surface area (Å²) in [6.45, 7) is 3.20. The predicted octanol–water partition coefficient (Wildman–Crippen LogP) is 3.76. The second-order valence-electron chi connectivity index (χ2n) is 6.33. The third-order valence-electron chi connectivity index (χ3n) is 4.22. The van der Waals surface area contributed by atoms with Crippen LogP contribution in [0.5, 0.6) is 23.0 Å². The van der Waals surface area contributed by atoms with Gasteiger partial charge < -0.3 is 29.6 Å². The average Bonchev–Trinajstić information content (AvgIpc) is 3.19. The highest BCUT2D eigenvalue weighted by molar-refractivity contribution is 5.63. The summed E-state index contributed by atoms with van der Waals surface area (Å²) in [6.07, 6.45) is 0. The van der Waals surface area contributed by atoms with Crippen molar-refractivity contribution in [2.75, 3.05) is 37.7 Å². The summed E-state index contributed by atoms with van der Waals surface area (Å²) in [5.41, 5.74) is 0.862. The molecule has 0 fully saturated rings. The quantitative estimate of drug-likeness (QED) is 0.559. The number of nitrogens with one attached hydrogen (secondary N) is 2. The van der Waals surface area contributed by atoms with Gasteiger partial charge in [0.25, 0.3) is 0 Å². The molecule has 0 saturated heterocycles. The number of rotatable bonds is 8. The standard InChI is InChI=1S/C21H22N4O4/c1-14-23-20(22-9-10-27-17-6-4-16(26-2)5-7-17)12-21(24-14)25-15-3-8-18-19(11-15)29-13-28-18/h3-8,11-12H,9-10,13H2,1-2H3,(H2,22,23,24,25). The maximum atomic E-state index is 5.72. The van der Waals surface area contributed by atoms with Crippen LogP contribution < -0.4 is 29.6 Å². The Morgan fingerprint density at radius 1 is 0.931 bits per heavy atom. The van der Waals surface area contributed by atoms with E-state index in [4.69, 9.17) is 18.9 Å². The highest BCUT2D eigenvalue weighted by Crippen LogP contribution is 2.35. The Kier molecular flexibility index (Phi) is 5.51. The molecule has 3 aromatic rings. The molecule has 2 aromatic carbocycles. The van der Waals surface area contributed by atoms with Gasteiger partial charge in [0.15, 0.2) is 11.5 Å². The molecule has 2 heterocycles. The number of anilines is 3. The molecule has 0 saturated carbocycles. The van der Waals surface area contributed by atoms with Gasteiger partial charge in [-0.3, -0.25) is 0 Å². The first-order chi connectivity index (χ1) is 14.2. The van der Waals surface area contributed by atoms with E-state index in [1.54, 1.807) is 7.11 Å². The van der Waals surface area contributed by atoms with Crippen molar-refractivity contribution in [2.24, 2.45) is 0 Å². The van der Waals surface area contributed by atoms with Crippen LogP contribution in [0.2, 0.25) is 0 Å². The summed E-state index contributed by atoms with van der Waals surface area (Å²) >= 11 is 0. The van der Waals surface area contributed by atoms with E-state index in [9.17, 15) is 0 Å². The first-order valence-electron chi connectivity index (χ1n) is 9.23. The zero-order valence-electron chi connectivity index (χ0n) is 16.3. The molecule has 0 spiro atoms. The average molecular weight is 394 g/mol. The molecule has 1 aliphatic heterocycles. The zero-order valence-corrected chi connectivity index (χ0v) is 16.3. The van der Waals surface area contributed by atoms with Crippen molar-refractivity contribution in [1.29, 1.82) is 0 Å². The Labute approximate surface area is 168 Å². The molecule has 4 rings (SSSR count). The van der Waals surface area contributed by atoms with Crippen molar-refractivity contribution < 1.29 is 18.9 Å². The second kappa shape index (κ2) is 8.55. The first-order valence-corrected chi connectivity index (χ1v) is 9.23. The molecule has 0 amide bonds. The van der Waals surface area contributed by atoms with Crippen molar-refractivity contribution in [3.05, 3.63) is 54.4 Å². The van der Waals surface area contributed by atoms with Crippen molar-refractivity contribution >= 4 is 17.3 Å². The van der Waals surface area contributed by atoms with E-state index in [-0.39, 0.29) is 6.79 Å². The third-order valence-corrected chi connectivity index (χ3v) is 4.22. The predicted molar refractivity (Wildman–Crippen MR) is 110 cm³/mol. The molecular weight excluding hydrogens is 372 g/mol. The van der Waals surface area contributed by atoms with Gasteiger partial charge in [0.05, 0.1) is 13.7 Å². The third kappa shape index (κ3) is 4.78. The van der Waals surface area contributed by atoms with E-state index in [2.05, 4.69) is 20.6 Å². The van der Waals surface area contributed by atoms with Gasteiger partial charge in [-0.1, -0.05) is 0 Å². The smallest absolute Gasteiger partial charge is 0.231 e. The summed E-state index contributed by atoms with van der Waals surface area (Å²) in [5, 5.41) is 6.53. The minimum atomic E-state index is 0.248. The Hall–Kier alpha value is -3.68. The molecule has 150 valence electrons. The fourth-order valence-electron chi connectivity index (χ4n) is 2.86. The molecule has 0 bridgehead atoms. The number of nitrogens with zero attached hydrogens (tertiary/aromatic N) is 2. The Balaban J connectivity index is 1.33.